The van der Waals surface area contributed by atoms with Gasteiger partial charge in [0.2, 0.25) is 0 Å². The van der Waals surface area contributed by atoms with E-state index in [1.807, 2.05) is 0 Å². The van der Waals surface area contributed by atoms with Crippen LogP contribution in [0.3, 0.4) is 0 Å². The molecule has 0 amide bonds. The summed E-state index contributed by atoms with van der Waals surface area (Å²) in [6.07, 6.45) is -9.53. The minimum Gasteiger partial charge on any atom is -0.394 e. The molecule has 2 saturated heterocycles. The lowest BCUT2D eigenvalue weighted by molar-refractivity contribution is -0.321. The van der Waals surface area contributed by atoms with Crippen molar-refractivity contribution in [2.75, 3.05) is 33.5 Å². The molecule has 10 nitrogen and oxygen atoms in total. The van der Waals surface area contributed by atoms with E-state index in [0.29, 0.717) is 0 Å². The van der Waals surface area contributed by atoms with Gasteiger partial charge in [-0.25, -0.2) is 0 Å². The van der Waals surface area contributed by atoms with E-state index in [1.54, 1.807) is 0 Å². The normalized spacial score (nSPS) is 48.4. The Labute approximate surface area is 132 Å². The Hall–Kier alpha value is -0.400. The fourth-order valence-corrected chi connectivity index (χ4v) is 2.67. The number of hydrogen-bond acceptors (Lipinski definition) is 10. The highest BCUT2D eigenvalue weighted by molar-refractivity contribution is 4.96. The quantitative estimate of drug-likeness (QED) is 0.291. The van der Waals surface area contributed by atoms with Crippen LogP contribution in [0.1, 0.15) is 0 Å². The minimum atomic E-state index is -1.57. The molecule has 2 heterocycles. The van der Waals surface area contributed by atoms with Gasteiger partial charge in [0.25, 0.3) is 0 Å². The topological polar surface area (TPSA) is 158 Å². The van der Waals surface area contributed by atoms with Gasteiger partial charge in [0.05, 0.1) is 26.4 Å². The Balaban J connectivity index is 2.03. The molecule has 0 radical (unpaired) electrons. The summed E-state index contributed by atoms with van der Waals surface area (Å²) in [5.74, 6) is 0. The predicted molar refractivity (Wildman–Crippen MR) is 72.3 cm³/mol. The van der Waals surface area contributed by atoms with Gasteiger partial charge in [-0.2, -0.15) is 0 Å². The van der Waals surface area contributed by atoms with Gasteiger partial charge in [-0.1, -0.05) is 0 Å². The van der Waals surface area contributed by atoms with Gasteiger partial charge in [0.15, 0.2) is 6.29 Å². The summed E-state index contributed by atoms with van der Waals surface area (Å²) in [6, 6.07) is 0. The third-order valence-corrected chi connectivity index (χ3v) is 4.29. The number of methoxy groups -OCH3 is 1. The number of aliphatic hydroxyl groups excluding tert-OH is 6. The van der Waals surface area contributed by atoms with Crippen LogP contribution < -0.4 is 0 Å². The Bertz CT molecular complexity index is 380. The van der Waals surface area contributed by atoms with E-state index in [1.165, 1.54) is 7.11 Å². The highest BCUT2D eigenvalue weighted by Gasteiger charge is 2.49. The molecule has 8 atom stereocenters. The van der Waals surface area contributed by atoms with Gasteiger partial charge >= 0.3 is 0 Å². The van der Waals surface area contributed by atoms with Crippen molar-refractivity contribution in [3.8, 4) is 0 Å². The lowest BCUT2D eigenvalue weighted by Gasteiger charge is -2.44. The lowest BCUT2D eigenvalue weighted by Crippen LogP contribution is -2.63. The van der Waals surface area contributed by atoms with Crippen LogP contribution in [-0.4, -0.2) is 113 Å². The first kappa shape index (κ1) is 18.9. The summed E-state index contributed by atoms with van der Waals surface area (Å²) in [5, 5.41) is 58.2. The van der Waals surface area contributed by atoms with Gasteiger partial charge in [0, 0.05) is 7.11 Å². The van der Waals surface area contributed by atoms with Crippen LogP contribution in [0, 0.1) is 0 Å². The molecule has 23 heavy (non-hydrogen) atoms. The molecule has 2 aliphatic rings. The van der Waals surface area contributed by atoms with E-state index in [2.05, 4.69) is 0 Å². The number of hydrogen-bond donors (Lipinski definition) is 6. The number of ether oxygens (including phenoxy) is 4. The van der Waals surface area contributed by atoms with E-state index >= 15 is 0 Å². The van der Waals surface area contributed by atoms with Crippen molar-refractivity contribution >= 4 is 0 Å². The van der Waals surface area contributed by atoms with E-state index in [4.69, 9.17) is 24.1 Å². The fourth-order valence-electron chi connectivity index (χ4n) is 2.67. The molecule has 0 aromatic heterocycles. The van der Waals surface area contributed by atoms with Crippen LogP contribution in [-0.2, 0) is 18.9 Å². The van der Waals surface area contributed by atoms with Gasteiger partial charge in [-0.3, -0.25) is 0 Å². The first-order valence-corrected chi connectivity index (χ1v) is 7.27. The SMILES string of the molecule is COC1(CO[C@@H]2OC(CO)C(O)[C@H](O)C2O)COCC(O)[C@H]1O. The molecule has 0 aliphatic carbocycles. The fraction of sp³-hybridized carbons (Fsp3) is 1.00. The molecule has 136 valence electrons. The molecule has 0 aromatic carbocycles. The third kappa shape index (κ3) is 3.66. The maximum atomic E-state index is 10.1. The van der Waals surface area contributed by atoms with Gasteiger partial charge in [0.1, 0.15) is 42.2 Å². The standard InChI is InChI=1S/C13H24O10/c1-20-13(4-21-3-6(15)11(13)19)5-22-12-10(18)9(17)8(16)7(2-14)23-12/h6-12,14-19H,2-5H2,1H3/t6?,7?,8?,9-,10?,11+,12+,13?/m0/s1. The van der Waals surface area contributed by atoms with Crippen molar-refractivity contribution in [1.29, 1.82) is 0 Å². The summed E-state index contributed by atoms with van der Waals surface area (Å²) < 4.78 is 21.0. The Kier molecular flexibility index (Phi) is 6.30. The number of rotatable bonds is 5. The largest absolute Gasteiger partial charge is 0.394 e. The first-order chi connectivity index (χ1) is 10.9. The van der Waals surface area contributed by atoms with Crippen LogP contribution in [0.2, 0.25) is 0 Å². The maximum absolute atomic E-state index is 10.1. The zero-order chi connectivity index (χ0) is 17.2. The Morgan fingerprint density at radius 3 is 2.39 bits per heavy atom. The van der Waals surface area contributed by atoms with Crippen molar-refractivity contribution in [3.63, 3.8) is 0 Å². The van der Waals surface area contributed by atoms with Gasteiger partial charge in [-0.15, -0.1) is 0 Å². The highest BCUT2D eigenvalue weighted by atomic mass is 16.7. The van der Waals surface area contributed by atoms with E-state index < -0.39 is 55.1 Å². The second-order valence-corrected chi connectivity index (χ2v) is 5.80. The second kappa shape index (κ2) is 7.66. The Morgan fingerprint density at radius 1 is 1.09 bits per heavy atom. The molecule has 0 saturated carbocycles. The zero-order valence-corrected chi connectivity index (χ0v) is 12.7. The Morgan fingerprint density at radius 2 is 1.78 bits per heavy atom. The van der Waals surface area contributed by atoms with Crippen molar-refractivity contribution in [2.24, 2.45) is 0 Å². The van der Waals surface area contributed by atoms with Crippen molar-refractivity contribution < 1.29 is 49.6 Å². The summed E-state index contributed by atoms with van der Waals surface area (Å²) >= 11 is 0. The third-order valence-electron chi connectivity index (χ3n) is 4.29. The first-order valence-electron chi connectivity index (χ1n) is 7.27. The maximum Gasteiger partial charge on any atom is 0.186 e. The monoisotopic (exact) mass is 340 g/mol. The molecule has 2 rings (SSSR count). The second-order valence-electron chi connectivity index (χ2n) is 5.80. The lowest BCUT2D eigenvalue weighted by atomic mass is 9.91. The van der Waals surface area contributed by atoms with Gasteiger partial charge in [-0.05, 0) is 0 Å². The molecule has 2 fully saturated rings. The van der Waals surface area contributed by atoms with Gasteiger partial charge < -0.3 is 49.6 Å². The molecule has 0 bridgehead atoms. The van der Waals surface area contributed by atoms with Crippen LogP contribution in [0.25, 0.3) is 0 Å². The van der Waals surface area contributed by atoms with E-state index in [-0.39, 0.29) is 19.8 Å². The van der Waals surface area contributed by atoms with Crippen LogP contribution in [0.4, 0.5) is 0 Å². The summed E-state index contributed by atoms with van der Waals surface area (Å²) in [7, 11) is 1.31. The molecule has 5 unspecified atom stereocenters. The molecule has 10 heteroatoms. The summed E-state index contributed by atoms with van der Waals surface area (Å²) in [4.78, 5) is 0. The zero-order valence-electron chi connectivity index (χ0n) is 12.7. The molecule has 2 aliphatic heterocycles. The van der Waals surface area contributed by atoms with Crippen LogP contribution in [0.5, 0.6) is 0 Å². The van der Waals surface area contributed by atoms with Crippen molar-refractivity contribution in [2.45, 2.75) is 48.5 Å². The van der Waals surface area contributed by atoms with Crippen LogP contribution >= 0.6 is 0 Å². The average Bonchev–Trinajstić information content (AvgIpc) is 2.56. The predicted octanol–water partition coefficient (Wildman–Crippen LogP) is -4.06. The highest BCUT2D eigenvalue weighted by Crippen LogP contribution is 2.27. The minimum absolute atomic E-state index is 0.0493. The smallest absolute Gasteiger partial charge is 0.186 e. The van der Waals surface area contributed by atoms with E-state index in [0.717, 1.165) is 0 Å². The number of aliphatic hydroxyl groups is 6. The molecule has 6 N–H and O–H groups in total. The molecule has 0 aromatic rings. The molecular formula is C13H24O10. The van der Waals surface area contributed by atoms with E-state index in [9.17, 15) is 25.5 Å². The molecule has 0 spiro atoms. The van der Waals surface area contributed by atoms with Crippen LogP contribution in [0.15, 0.2) is 0 Å². The van der Waals surface area contributed by atoms with Crippen molar-refractivity contribution in [3.05, 3.63) is 0 Å². The van der Waals surface area contributed by atoms with Crippen molar-refractivity contribution in [1.82, 2.24) is 0 Å². The molecular weight excluding hydrogens is 316 g/mol. The summed E-state index contributed by atoms with van der Waals surface area (Å²) in [6.45, 7) is -0.999. The average molecular weight is 340 g/mol. The summed E-state index contributed by atoms with van der Waals surface area (Å²) in [5.41, 5.74) is -1.38.